The van der Waals surface area contributed by atoms with Gasteiger partial charge in [0.25, 0.3) is 5.91 Å². The standard InChI is InChI=1S/C17H22N4O2/c1-4-20(12(2)3)17(22)16-9-13-8-15(11-21(13)19-16)23-14-6-5-7-18-10-14/h5-7,9-10,12,15H,4,8,11H2,1-3H3/t15-/m0/s1. The smallest absolute Gasteiger partial charge is 0.274 e. The highest BCUT2D eigenvalue weighted by Crippen LogP contribution is 2.21. The van der Waals surface area contributed by atoms with Gasteiger partial charge in [-0.25, -0.2) is 0 Å². The Bertz CT molecular complexity index is 658. The van der Waals surface area contributed by atoms with Gasteiger partial charge in [0, 0.05) is 30.9 Å². The van der Waals surface area contributed by atoms with Crippen molar-refractivity contribution in [2.24, 2.45) is 0 Å². The maximum atomic E-state index is 12.5. The highest BCUT2D eigenvalue weighted by Gasteiger charge is 2.28. The van der Waals surface area contributed by atoms with Crippen LogP contribution in [0.15, 0.2) is 30.6 Å². The lowest BCUT2D eigenvalue weighted by Crippen LogP contribution is -2.37. The Morgan fingerprint density at radius 3 is 2.96 bits per heavy atom. The van der Waals surface area contributed by atoms with Crippen molar-refractivity contribution < 1.29 is 9.53 Å². The van der Waals surface area contributed by atoms with Crippen LogP contribution < -0.4 is 4.74 Å². The van der Waals surface area contributed by atoms with Crippen LogP contribution in [0.4, 0.5) is 0 Å². The third-order valence-electron chi connectivity index (χ3n) is 4.06. The number of pyridine rings is 1. The number of ether oxygens (including phenoxy) is 1. The Morgan fingerprint density at radius 2 is 2.35 bits per heavy atom. The molecule has 3 rings (SSSR count). The lowest BCUT2D eigenvalue weighted by molar-refractivity contribution is 0.0709. The molecular formula is C17H22N4O2. The monoisotopic (exact) mass is 314 g/mol. The van der Waals surface area contributed by atoms with E-state index in [1.165, 1.54) is 0 Å². The number of hydrogen-bond donors (Lipinski definition) is 0. The molecule has 0 aromatic carbocycles. The summed E-state index contributed by atoms with van der Waals surface area (Å²) in [5.74, 6) is 0.755. The number of amides is 1. The van der Waals surface area contributed by atoms with Crippen LogP contribution in [0.3, 0.4) is 0 Å². The minimum Gasteiger partial charge on any atom is -0.486 e. The van der Waals surface area contributed by atoms with Gasteiger partial charge < -0.3 is 9.64 Å². The summed E-state index contributed by atoms with van der Waals surface area (Å²) < 4.78 is 7.78. The van der Waals surface area contributed by atoms with Crippen LogP contribution in [0.1, 0.15) is 37.0 Å². The molecular weight excluding hydrogens is 292 g/mol. The zero-order valence-corrected chi connectivity index (χ0v) is 13.8. The number of hydrogen-bond acceptors (Lipinski definition) is 4. The van der Waals surface area contributed by atoms with Gasteiger partial charge in [-0.05, 0) is 39.0 Å². The van der Waals surface area contributed by atoms with Gasteiger partial charge in [-0.3, -0.25) is 14.5 Å². The highest BCUT2D eigenvalue weighted by molar-refractivity contribution is 5.92. The van der Waals surface area contributed by atoms with Gasteiger partial charge in [0.15, 0.2) is 5.69 Å². The number of aromatic nitrogens is 3. The molecule has 122 valence electrons. The minimum atomic E-state index is -0.00544. The minimum absolute atomic E-state index is 0.00544. The van der Waals surface area contributed by atoms with E-state index < -0.39 is 0 Å². The van der Waals surface area contributed by atoms with Gasteiger partial charge in [-0.15, -0.1) is 0 Å². The van der Waals surface area contributed by atoms with Gasteiger partial charge in [0.2, 0.25) is 0 Å². The first-order valence-electron chi connectivity index (χ1n) is 8.03. The molecule has 23 heavy (non-hydrogen) atoms. The maximum absolute atomic E-state index is 12.5. The van der Waals surface area contributed by atoms with Crippen molar-refractivity contribution in [2.75, 3.05) is 6.54 Å². The molecule has 0 spiro atoms. The van der Waals surface area contributed by atoms with Crippen LogP contribution in [0.5, 0.6) is 5.75 Å². The molecule has 0 bridgehead atoms. The van der Waals surface area contributed by atoms with Crippen molar-refractivity contribution in [3.63, 3.8) is 0 Å². The van der Waals surface area contributed by atoms with Gasteiger partial charge in [-0.1, -0.05) is 0 Å². The normalized spacial score (nSPS) is 16.4. The third kappa shape index (κ3) is 3.21. The summed E-state index contributed by atoms with van der Waals surface area (Å²) >= 11 is 0. The Balaban J connectivity index is 1.67. The fraction of sp³-hybridized carbons (Fsp3) is 0.471. The van der Waals surface area contributed by atoms with E-state index in [1.807, 2.05) is 48.6 Å². The number of fused-ring (bicyclic) bond motifs is 1. The second-order valence-corrected chi connectivity index (χ2v) is 6.02. The molecule has 1 atom stereocenters. The van der Waals surface area contributed by atoms with Crippen LogP contribution >= 0.6 is 0 Å². The Labute approximate surface area is 136 Å². The van der Waals surface area contributed by atoms with Crippen LogP contribution in [-0.2, 0) is 13.0 Å². The fourth-order valence-corrected chi connectivity index (χ4v) is 2.95. The first-order valence-corrected chi connectivity index (χ1v) is 8.03. The van der Waals surface area contributed by atoms with Crippen molar-refractivity contribution in [3.8, 4) is 5.75 Å². The van der Waals surface area contributed by atoms with Crippen molar-refractivity contribution in [2.45, 2.75) is 45.9 Å². The van der Waals surface area contributed by atoms with Gasteiger partial charge in [0.1, 0.15) is 11.9 Å². The zero-order valence-electron chi connectivity index (χ0n) is 13.8. The largest absolute Gasteiger partial charge is 0.486 e. The van der Waals surface area contributed by atoms with Crippen molar-refractivity contribution in [1.82, 2.24) is 19.7 Å². The summed E-state index contributed by atoms with van der Waals surface area (Å²) in [6.07, 6.45) is 4.22. The predicted molar refractivity (Wildman–Crippen MR) is 86.4 cm³/mol. The highest BCUT2D eigenvalue weighted by atomic mass is 16.5. The van der Waals surface area contributed by atoms with Crippen LogP contribution in [0, 0.1) is 0 Å². The third-order valence-corrected chi connectivity index (χ3v) is 4.06. The van der Waals surface area contributed by atoms with E-state index in [9.17, 15) is 4.79 Å². The molecule has 2 aromatic heterocycles. The topological polar surface area (TPSA) is 60.2 Å². The molecule has 1 amide bonds. The average Bonchev–Trinajstić information content (AvgIpc) is 3.06. The van der Waals surface area contributed by atoms with Gasteiger partial charge in [0.05, 0.1) is 12.7 Å². The van der Waals surface area contributed by atoms with Gasteiger partial charge >= 0.3 is 0 Å². The molecule has 6 nitrogen and oxygen atoms in total. The quantitative estimate of drug-likeness (QED) is 0.848. The first-order chi connectivity index (χ1) is 11.1. The fourth-order valence-electron chi connectivity index (χ4n) is 2.95. The molecule has 2 aromatic rings. The van der Waals surface area contributed by atoms with Gasteiger partial charge in [-0.2, -0.15) is 5.10 Å². The number of nitrogens with zero attached hydrogens (tertiary/aromatic N) is 4. The van der Waals surface area contributed by atoms with Crippen molar-refractivity contribution in [1.29, 1.82) is 0 Å². The van der Waals surface area contributed by atoms with E-state index in [4.69, 9.17) is 4.74 Å². The lowest BCUT2D eigenvalue weighted by Gasteiger charge is -2.24. The molecule has 1 aliphatic heterocycles. The Hall–Kier alpha value is -2.37. The zero-order chi connectivity index (χ0) is 16.4. The molecule has 0 aliphatic carbocycles. The number of carbonyl (C=O) groups excluding carboxylic acids is 1. The second kappa shape index (κ2) is 6.40. The number of rotatable bonds is 5. The lowest BCUT2D eigenvalue weighted by atomic mass is 10.2. The van der Waals surface area contributed by atoms with Crippen molar-refractivity contribution in [3.05, 3.63) is 42.0 Å². The molecule has 0 saturated carbocycles. The maximum Gasteiger partial charge on any atom is 0.274 e. The first kappa shape index (κ1) is 15.5. The molecule has 3 heterocycles. The second-order valence-electron chi connectivity index (χ2n) is 6.02. The summed E-state index contributed by atoms with van der Waals surface area (Å²) in [4.78, 5) is 18.4. The molecule has 1 aliphatic rings. The molecule has 0 N–H and O–H groups in total. The van der Waals surface area contributed by atoms with Crippen LogP contribution in [-0.4, -0.2) is 44.3 Å². The van der Waals surface area contributed by atoms with E-state index in [2.05, 4.69) is 10.1 Å². The van der Waals surface area contributed by atoms with E-state index >= 15 is 0 Å². The van der Waals surface area contributed by atoms with E-state index in [-0.39, 0.29) is 18.1 Å². The SMILES string of the molecule is CCN(C(=O)c1cc2n(n1)C[C@@H](Oc1cccnc1)C2)C(C)C. The summed E-state index contributed by atoms with van der Waals surface area (Å²) in [6, 6.07) is 5.81. The van der Waals surface area contributed by atoms with E-state index in [1.54, 1.807) is 12.4 Å². The van der Waals surface area contributed by atoms with E-state index in [0.29, 0.717) is 18.8 Å². The van der Waals surface area contributed by atoms with Crippen LogP contribution in [0.25, 0.3) is 0 Å². The van der Waals surface area contributed by atoms with E-state index in [0.717, 1.165) is 17.9 Å². The summed E-state index contributed by atoms with van der Waals surface area (Å²) in [7, 11) is 0. The molecule has 0 fully saturated rings. The van der Waals surface area contributed by atoms with Crippen LogP contribution in [0.2, 0.25) is 0 Å². The number of carbonyl (C=O) groups is 1. The molecule has 6 heteroatoms. The summed E-state index contributed by atoms with van der Waals surface area (Å²) in [5, 5.41) is 4.46. The summed E-state index contributed by atoms with van der Waals surface area (Å²) in [5.41, 5.74) is 1.57. The Morgan fingerprint density at radius 1 is 1.52 bits per heavy atom. The molecule has 0 saturated heterocycles. The Kier molecular flexibility index (Phi) is 4.32. The summed E-state index contributed by atoms with van der Waals surface area (Å²) in [6.45, 7) is 7.36. The predicted octanol–water partition coefficient (Wildman–Crippen LogP) is 2.15. The van der Waals surface area contributed by atoms with Crippen molar-refractivity contribution >= 4 is 5.91 Å². The molecule has 0 radical (unpaired) electrons. The molecule has 0 unspecified atom stereocenters. The average molecular weight is 314 g/mol.